The molecule has 0 bridgehead atoms. The van der Waals surface area contributed by atoms with Crippen molar-refractivity contribution < 1.29 is 20.1 Å². The van der Waals surface area contributed by atoms with Gasteiger partial charge in [0.05, 0.1) is 18.8 Å². The molecule has 0 spiro atoms. The Morgan fingerprint density at radius 2 is 2.04 bits per heavy atom. The number of amides is 2. The number of aliphatic hydroxyl groups is 2. The first kappa shape index (κ1) is 17.6. The summed E-state index contributed by atoms with van der Waals surface area (Å²) in [5.74, 6) is 0.0924. The van der Waals surface area contributed by atoms with Crippen LogP contribution < -0.4 is 5.32 Å². The number of aromatic hydroxyl groups is 1. The monoisotopic (exact) mass is 322 g/mol. The fraction of sp³-hybridized carbons (Fsp3) is 0.588. The Kier molecular flexibility index (Phi) is 6.24. The lowest BCUT2D eigenvalue weighted by Crippen LogP contribution is -2.47. The summed E-state index contributed by atoms with van der Waals surface area (Å²) < 4.78 is 0. The Morgan fingerprint density at radius 1 is 1.35 bits per heavy atom. The minimum Gasteiger partial charge on any atom is -0.508 e. The molecule has 1 saturated carbocycles. The normalized spacial score (nSPS) is 22.4. The van der Waals surface area contributed by atoms with E-state index in [1.807, 2.05) is 6.92 Å². The van der Waals surface area contributed by atoms with Gasteiger partial charge < -0.3 is 25.5 Å². The number of hydrogen-bond donors (Lipinski definition) is 4. The van der Waals surface area contributed by atoms with Gasteiger partial charge in [-0.2, -0.15) is 0 Å². The van der Waals surface area contributed by atoms with Crippen molar-refractivity contribution in [3.63, 3.8) is 0 Å². The summed E-state index contributed by atoms with van der Waals surface area (Å²) in [5, 5.41) is 32.2. The number of nitrogens with zero attached hydrogens (tertiary/aromatic N) is 1. The van der Waals surface area contributed by atoms with Crippen LogP contribution in [-0.2, 0) is 0 Å². The Hall–Kier alpha value is -1.79. The van der Waals surface area contributed by atoms with Gasteiger partial charge in [0.15, 0.2) is 0 Å². The second-order valence-electron chi connectivity index (χ2n) is 6.10. The Bertz CT molecular complexity index is 515. The molecule has 0 unspecified atom stereocenters. The van der Waals surface area contributed by atoms with Crippen molar-refractivity contribution in [2.45, 2.75) is 50.9 Å². The first-order valence-corrected chi connectivity index (χ1v) is 8.20. The summed E-state index contributed by atoms with van der Waals surface area (Å²) in [5.41, 5.74) is 0.581. The lowest BCUT2D eigenvalue weighted by atomic mass is 9.93. The molecule has 2 amide bonds. The molecular weight excluding hydrogens is 296 g/mol. The van der Waals surface area contributed by atoms with Gasteiger partial charge in [0, 0.05) is 12.6 Å². The molecule has 1 atom stereocenters. The smallest absolute Gasteiger partial charge is 0.317 e. The molecule has 0 aromatic heterocycles. The van der Waals surface area contributed by atoms with E-state index in [9.17, 15) is 20.1 Å². The van der Waals surface area contributed by atoms with Crippen LogP contribution in [0.3, 0.4) is 0 Å². The van der Waals surface area contributed by atoms with E-state index in [-0.39, 0.29) is 30.5 Å². The highest BCUT2D eigenvalue weighted by molar-refractivity contribution is 5.74. The van der Waals surface area contributed by atoms with Crippen LogP contribution in [0.15, 0.2) is 24.3 Å². The van der Waals surface area contributed by atoms with Gasteiger partial charge in [-0.15, -0.1) is 0 Å². The number of rotatable bonds is 5. The van der Waals surface area contributed by atoms with Crippen molar-refractivity contribution >= 4 is 6.03 Å². The van der Waals surface area contributed by atoms with Crippen LogP contribution >= 0.6 is 0 Å². The first-order valence-electron chi connectivity index (χ1n) is 8.20. The number of nitrogens with one attached hydrogen (secondary N) is 1. The minimum atomic E-state index is -0.846. The first-order chi connectivity index (χ1) is 11.0. The topological polar surface area (TPSA) is 93.0 Å². The van der Waals surface area contributed by atoms with Crippen LogP contribution in [0.2, 0.25) is 0 Å². The molecular formula is C17H26N2O4. The zero-order valence-corrected chi connectivity index (χ0v) is 13.5. The average molecular weight is 322 g/mol. The van der Waals surface area contributed by atoms with E-state index in [4.69, 9.17) is 0 Å². The van der Waals surface area contributed by atoms with E-state index in [2.05, 4.69) is 5.32 Å². The van der Waals surface area contributed by atoms with E-state index < -0.39 is 6.10 Å². The summed E-state index contributed by atoms with van der Waals surface area (Å²) >= 11 is 0. The third-order valence-electron chi connectivity index (χ3n) is 4.34. The standard InChI is InChI=1S/C17H26N2O4/c1-2-19(11-16(22)12-4-3-5-15(21)10-12)17(23)18-13-6-8-14(20)9-7-13/h3-5,10,13-14,16,20-22H,2,6-9,11H2,1H3,(H,18,23)/t13?,14?,16-/m1/s1. The molecule has 1 aromatic rings. The molecule has 0 radical (unpaired) electrons. The van der Waals surface area contributed by atoms with Crippen LogP contribution in [0.5, 0.6) is 5.75 Å². The number of likely N-dealkylation sites (N-methyl/N-ethyl adjacent to an activating group) is 1. The Balaban J connectivity index is 1.89. The van der Waals surface area contributed by atoms with Crippen LogP contribution in [0.4, 0.5) is 4.79 Å². The van der Waals surface area contributed by atoms with Crippen molar-refractivity contribution in [2.24, 2.45) is 0 Å². The maximum atomic E-state index is 12.3. The second kappa shape index (κ2) is 8.17. The van der Waals surface area contributed by atoms with E-state index in [1.165, 1.54) is 12.1 Å². The second-order valence-corrected chi connectivity index (χ2v) is 6.10. The summed E-state index contributed by atoms with van der Waals surface area (Å²) in [6, 6.07) is 6.30. The molecule has 0 aliphatic heterocycles. The van der Waals surface area contributed by atoms with E-state index in [1.54, 1.807) is 17.0 Å². The van der Waals surface area contributed by atoms with E-state index >= 15 is 0 Å². The van der Waals surface area contributed by atoms with Gasteiger partial charge in [-0.05, 0) is 50.3 Å². The molecule has 1 fully saturated rings. The number of aliphatic hydroxyl groups excluding tert-OH is 2. The van der Waals surface area contributed by atoms with Crippen molar-refractivity contribution in [3.05, 3.63) is 29.8 Å². The largest absolute Gasteiger partial charge is 0.508 e. The molecule has 128 valence electrons. The quantitative estimate of drug-likeness (QED) is 0.664. The van der Waals surface area contributed by atoms with Gasteiger partial charge in [0.2, 0.25) is 0 Å². The molecule has 23 heavy (non-hydrogen) atoms. The summed E-state index contributed by atoms with van der Waals surface area (Å²) in [6.07, 6.45) is 1.88. The maximum Gasteiger partial charge on any atom is 0.317 e. The van der Waals surface area contributed by atoms with Gasteiger partial charge in [-0.25, -0.2) is 4.79 Å². The van der Waals surface area contributed by atoms with Crippen molar-refractivity contribution in [1.82, 2.24) is 10.2 Å². The Morgan fingerprint density at radius 3 is 2.65 bits per heavy atom. The fourth-order valence-corrected chi connectivity index (χ4v) is 2.89. The van der Waals surface area contributed by atoms with Crippen LogP contribution in [-0.4, -0.2) is 51.5 Å². The maximum absolute atomic E-state index is 12.3. The predicted octanol–water partition coefficient (Wildman–Crippen LogP) is 1.76. The number of hydrogen-bond acceptors (Lipinski definition) is 4. The summed E-state index contributed by atoms with van der Waals surface area (Å²) in [7, 11) is 0. The van der Waals surface area contributed by atoms with Crippen molar-refractivity contribution in [1.29, 1.82) is 0 Å². The average Bonchev–Trinajstić information content (AvgIpc) is 2.54. The number of phenolic OH excluding ortho intramolecular Hbond substituents is 1. The molecule has 6 heteroatoms. The number of carbonyl (C=O) groups excluding carboxylic acids is 1. The lowest BCUT2D eigenvalue weighted by molar-refractivity contribution is 0.107. The molecule has 6 nitrogen and oxygen atoms in total. The number of carbonyl (C=O) groups is 1. The number of benzene rings is 1. The number of urea groups is 1. The molecule has 1 aliphatic carbocycles. The van der Waals surface area contributed by atoms with Crippen LogP contribution in [0, 0.1) is 0 Å². The van der Waals surface area contributed by atoms with Gasteiger partial charge in [0.25, 0.3) is 0 Å². The van der Waals surface area contributed by atoms with Gasteiger partial charge in [-0.3, -0.25) is 0 Å². The molecule has 0 heterocycles. The number of phenols is 1. The highest BCUT2D eigenvalue weighted by atomic mass is 16.3. The van der Waals surface area contributed by atoms with Crippen LogP contribution in [0.25, 0.3) is 0 Å². The third-order valence-corrected chi connectivity index (χ3v) is 4.34. The SMILES string of the molecule is CCN(C[C@@H](O)c1cccc(O)c1)C(=O)NC1CCC(O)CC1. The molecule has 2 rings (SSSR count). The van der Waals surface area contributed by atoms with Gasteiger partial charge in [-0.1, -0.05) is 12.1 Å². The molecule has 1 aliphatic rings. The van der Waals surface area contributed by atoms with Crippen LogP contribution in [0.1, 0.15) is 44.3 Å². The molecule has 0 saturated heterocycles. The highest BCUT2D eigenvalue weighted by Crippen LogP contribution is 2.20. The highest BCUT2D eigenvalue weighted by Gasteiger charge is 2.24. The summed E-state index contributed by atoms with van der Waals surface area (Å²) in [6.45, 7) is 2.51. The van der Waals surface area contributed by atoms with E-state index in [0.717, 1.165) is 12.8 Å². The zero-order chi connectivity index (χ0) is 16.8. The van der Waals surface area contributed by atoms with Crippen molar-refractivity contribution in [2.75, 3.05) is 13.1 Å². The molecule has 4 N–H and O–H groups in total. The van der Waals surface area contributed by atoms with E-state index in [0.29, 0.717) is 24.9 Å². The minimum absolute atomic E-state index is 0.0814. The molecule has 1 aromatic carbocycles. The zero-order valence-electron chi connectivity index (χ0n) is 13.5. The van der Waals surface area contributed by atoms with Gasteiger partial charge >= 0.3 is 6.03 Å². The third kappa shape index (κ3) is 5.11. The fourth-order valence-electron chi connectivity index (χ4n) is 2.89. The summed E-state index contributed by atoms with van der Waals surface area (Å²) in [4.78, 5) is 13.9. The predicted molar refractivity (Wildman–Crippen MR) is 87.1 cm³/mol. The lowest BCUT2D eigenvalue weighted by Gasteiger charge is -2.30. The Labute approximate surface area is 136 Å². The van der Waals surface area contributed by atoms with Crippen molar-refractivity contribution in [3.8, 4) is 5.75 Å². The van der Waals surface area contributed by atoms with Gasteiger partial charge in [0.1, 0.15) is 5.75 Å².